The van der Waals surface area contributed by atoms with Gasteiger partial charge in [-0.3, -0.25) is 14.6 Å². The molecule has 4 rings (SSSR count). The Morgan fingerprint density at radius 1 is 1.23 bits per heavy atom. The minimum atomic E-state index is -0.604. The lowest BCUT2D eigenvalue weighted by Gasteiger charge is -2.08. The van der Waals surface area contributed by atoms with Crippen LogP contribution >= 0.6 is 11.3 Å². The molecule has 1 atom stereocenters. The van der Waals surface area contributed by atoms with Gasteiger partial charge >= 0.3 is 0 Å². The van der Waals surface area contributed by atoms with Gasteiger partial charge in [0.2, 0.25) is 5.91 Å². The molecule has 8 heteroatoms. The molecule has 1 aliphatic heterocycles. The number of hydrogen-bond donors (Lipinski definition) is 1. The largest absolute Gasteiger partial charge is 0.463 e. The summed E-state index contributed by atoms with van der Waals surface area (Å²) in [6.45, 7) is 0. The summed E-state index contributed by atoms with van der Waals surface area (Å²) in [5.41, 5.74) is 1.57. The van der Waals surface area contributed by atoms with Gasteiger partial charge < -0.3 is 9.73 Å². The second-order valence-electron chi connectivity index (χ2n) is 5.40. The highest BCUT2D eigenvalue weighted by Crippen LogP contribution is 2.39. The Kier molecular flexibility index (Phi) is 4.24. The van der Waals surface area contributed by atoms with Crippen molar-refractivity contribution in [1.29, 1.82) is 0 Å². The summed E-state index contributed by atoms with van der Waals surface area (Å²) in [7, 11) is 0. The fraction of sp³-hybridized carbons (Fsp3) is 0.0556. The van der Waals surface area contributed by atoms with Crippen LogP contribution < -0.4 is 5.32 Å². The molecule has 3 aromatic heterocycles. The molecule has 0 saturated heterocycles. The molecular formula is C18H12N4O3S. The normalized spacial score (nSPS) is 16.0. The second-order valence-corrected chi connectivity index (χ2v) is 6.40. The van der Waals surface area contributed by atoms with Crippen LogP contribution in [-0.2, 0) is 9.59 Å². The van der Waals surface area contributed by atoms with Crippen molar-refractivity contribution < 1.29 is 14.0 Å². The number of amides is 2. The molecule has 3 aromatic rings. The van der Waals surface area contributed by atoms with Crippen LogP contribution in [0.3, 0.4) is 0 Å². The number of carbonyl (C=O) groups is 2. The lowest BCUT2D eigenvalue weighted by Crippen LogP contribution is -2.24. The van der Waals surface area contributed by atoms with Gasteiger partial charge in [-0.15, -0.1) is 0 Å². The highest BCUT2D eigenvalue weighted by Gasteiger charge is 2.21. The van der Waals surface area contributed by atoms with E-state index in [1.807, 2.05) is 18.2 Å². The third-order valence-electron chi connectivity index (χ3n) is 3.67. The van der Waals surface area contributed by atoms with E-state index in [0.717, 1.165) is 10.4 Å². The average molecular weight is 364 g/mol. The monoisotopic (exact) mass is 364 g/mol. The first-order valence-corrected chi connectivity index (χ1v) is 8.54. The molecule has 1 unspecified atom stereocenters. The molecule has 26 heavy (non-hydrogen) atoms. The molecule has 2 amide bonds. The second kappa shape index (κ2) is 6.85. The molecule has 0 spiro atoms. The number of nitrogens with zero attached hydrogens (tertiary/aromatic N) is 3. The van der Waals surface area contributed by atoms with Gasteiger partial charge in [-0.2, -0.15) is 0 Å². The molecule has 4 heterocycles. The molecular weight excluding hydrogens is 352 g/mol. The molecule has 0 radical (unpaired) electrons. The standard InChI is InChI=1S/C18H12N4O3S/c23-14-4-3-12(10-20-14)17(24)22-18-21-15(13-2-1-9-25-13)16(26-18)11-5-7-19-8-6-11/h1-10,12H,(H,21,22,24). The number of dihydropyridines is 1. The molecule has 7 nitrogen and oxygen atoms in total. The summed E-state index contributed by atoms with van der Waals surface area (Å²) < 4.78 is 5.47. The predicted octanol–water partition coefficient (Wildman–Crippen LogP) is 3.19. The lowest BCUT2D eigenvalue weighted by atomic mass is 10.1. The van der Waals surface area contributed by atoms with Crippen molar-refractivity contribution in [2.75, 3.05) is 5.32 Å². The van der Waals surface area contributed by atoms with Gasteiger partial charge in [0, 0.05) is 24.7 Å². The maximum Gasteiger partial charge on any atom is 0.269 e. The Hall–Kier alpha value is -3.39. The summed E-state index contributed by atoms with van der Waals surface area (Å²) in [5, 5.41) is 3.21. The number of carbonyl (C=O) groups excluding carboxylic acids is 2. The summed E-state index contributed by atoms with van der Waals surface area (Å²) >= 11 is 1.34. The third kappa shape index (κ3) is 3.22. The SMILES string of the molecule is O=C1C=CC(C(=O)Nc2nc(-c3ccco3)c(-c3ccncc3)s2)C=N1. The van der Waals surface area contributed by atoms with Gasteiger partial charge in [-0.05, 0) is 29.8 Å². The van der Waals surface area contributed by atoms with E-state index >= 15 is 0 Å². The first kappa shape index (κ1) is 16.1. The maximum atomic E-state index is 12.4. The van der Waals surface area contributed by atoms with Gasteiger partial charge in [0.25, 0.3) is 5.91 Å². The highest BCUT2D eigenvalue weighted by molar-refractivity contribution is 7.19. The molecule has 1 N–H and O–H groups in total. The topological polar surface area (TPSA) is 97.5 Å². The number of aliphatic imine (C=N–C) groups is 1. The number of furan rings is 1. The summed E-state index contributed by atoms with van der Waals surface area (Å²) in [5.74, 6) is -0.673. The van der Waals surface area contributed by atoms with Crippen molar-refractivity contribution in [2.45, 2.75) is 0 Å². The molecule has 128 valence electrons. The fourth-order valence-corrected chi connectivity index (χ4v) is 3.41. The van der Waals surface area contributed by atoms with Crippen molar-refractivity contribution in [3.63, 3.8) is 0 Å². The van der Waals surface area contributed by atoms with Gasteiger partial charge in [0.05, 0.1) is 17.1 Å². The van der Waals surface area contributed by atoms with Crippen LogP contribution in [0.2, 0.25) is 0 Å². The van der Waals surface area contributed by atoms with E-state index in [1.165, 1.54) is 29.7 Å². The molecule has 0 aromatic carbocycles. The first-order valence-electron chi connectivity index (χ1n) is 7.73. The summed E-state index contributed by atoms with van der Waals surface area (Å²) in [6, 6.07) is 7.33. The number of nitrogens with one attached hydrogen (secondary N) is 1. The first-order chi connectivity index (χ1) is 12.7. The van der Waals surface area contributed by atoms with E-state index < -0.39 is 5.92 Å². The lowest BCUT2D eigenvalue weighted by molar-refractivity contribution is -0.117. The Morgan fingerprint density at radius 2 is 2.08 bits per heavy atom. The molecule has 0 saturated carbocycles. The minimum Gasteiger partial charge on any atom is -0.463 e. The van der Waals surface area contributed by atoms with E-state index in [-0.39, 0.29) is 11.8 Å². The van der Waals surface area contributed by atoms with E-state index in [1.54, 1.807) is 24.7 Å². The Morgan fingerprint density at radius 3 is 2.77 bits per heavy atom. The van der Waals surface area contributed by atoms with E-state index in [4.69, 9.17) is 4.42 Å². The zero-order valence-corrected chi connectivity index (χ0v) is 14.1. The quantitative estimate of drug-likeness (QED) is 0.767. The fourth-order valence-electron chi connectivity index (χ4n) is 2.43. The van der Waals surface area contributed by atoms with Crippen LogP contribution in [0, 0.1) is 5.92 Å². The predicted molar refractivity (Wildman–Crippen MR) is 97.8 cm³/mol. The number of rotatable bonds is 4. The van der Waals surface area contributed by atoms with Crippen LogP contribution in [0.25, 0.3) is 21.9 Å². The number of pyridine rings is 1. The Balaban J connectivity index is 1.65. The van der Waals surface area contributed by atoms with Gasteiger partial charge in [0.1, 0.15) is 5.69 Å². The number of anilines is 1. The van der Waals surface area contributed by atoms with Crippen LogP contribution in [0.1, 0.15) is 0 Å². The van der Waals surface area contributed by atoms with Gasteiger partial charge in [-0.1, -0.05) is 17.4 Å². The van der Waals surface area contributed by atoms with Crippen molar-refractivity contribution in [1.82, 2.24) is 9.97 Å². The van der Waals surface area contributed by atoms with Crippen molar-refractivity contribution in [2.24, 2.45) is 10.9 Å². The maximum absolute atomic E-state index is 12.4. The van der Waals surface area contributed by atoms with Crippen molar-refractivity contribution >= 4 is 34.5 Å². The van der Waals surface area contributed by atoms with Crippen molar-refractivity contribution in [3.8, 4) is 21.9 Å². The van der Waals surface area contributed by atoms with Crippen LogP contribution in [-0.4, -0.2) is 28.0 Å². The molecule has 0 fully saturated rings. The van der Waals surface area contributed by atoms with Crippen molar-refractivity contribution in [3.05, 3.63) is 55.1 Å². The Labute approximate surface area is 152 Å². The van der Waals surface area contributed by atoms with Crippen LogP contribution in [0.5, 0.6) is 0 Å². The van der Waals surface area contributed by atoms with Crippen LogP contribution in [0.15, 0.2) is 64.5 Å². The summed E-state index contributed by atoms with van der Waals surface area (Å²) in [6.07, 6.45) is 9.07. The highest BCUT2D eigenvalue weighted by atomic mass is 32.1. The Bertz CT molecular complexity index is 991. The van der Waals surface area contributed by atoms with E-state index in [2.05, 4.69) is 20.3 Å². The zero-order valence-electron chi connectivity index (χ0n) is 13.3. The van der Waals surface area contributed by atoms with E-state index in [0.29, 0.717) is 16.6 Å². The van der Waals surface area contributed by atoms with E-state index in [9.17, 15) is 9.59 Å². The molecule has 0 aliphatic carbocycles. The van der Waals surface area contributed by atoms with Crippen LogP contribution in [0.4, 0.5) is 5.13 Å². The number of aromatic nitrogens is 2. The third-order valence-corrected chi connectivity index (χ3v) is 4.69. The minimum absolute atomic E-state index is 0.307. The summed E-state index contributed by atoms with van der Waals surface area (Å²) in [4.78, 5) is 36.5. The zero-order chi connectivity index (χ0) is 17.9. The number of hydrogen-bond acceptors (Lipinski definition) is 6. The molecule has 0 bridgehead atoms. The smallest absolute Gasteiger partial charge is 0.269 e. The number of thiazole rings is 1. The van der Waals surface area contributed by atoms with Gasteiger partial charge in [0.15, 0.2) is 10.9 Å². The average Bonchev–Trinajstić information content (AvgIpc) is 3.32. The van der Waals surface area contributed by atoms with Gasteiger partial charge in [-0.25, -0.2) is 9.98 Å². The molecule has 1 aliphatic rings.